The van der Waals surface area contributed by atoms with Crippen LogP contribution in [0.15, 0.2) is 59.5 Å². The average molecular weight is 478 g/mol. The molecule has 5 rings (SSSR count). The van der Waals surface area contributed by atoms with Gasteiger partial charge in [-0.05, 0) is 24.5 Å². The molecule has 0 spiro atoms. The summed E-state index contributed by atoms with van der Waals surface area (Å²) in [4.78, 5) is 43.0. The number of benzene rings is 2. The molecule has 1 aliphatic carbocycles. The topological polar surface area (TPSA) is 69.7 Å². The van der Waals surface area contributed by atoms with E-state index in [1.54, 1.807) is 4.90 Å². The Morgan fingerprint density at radius 2 is 1.70 bits per heavy atom. The van der Waals surface area contributed by atoms with Crippen molar-refractivity contribution in [3.05, 3.63) is 70.6 Å². The van der Waals surface area contributed by atoms with Crippen molar-refractivity contribution in [1.29, 1.82) is 0 Å². The lowest BCUT2D eigenvalue weighted by Gasteiger charge is -2.22. The summed E-state index contributed by atoms with van der Waals surface area (Å²) < 4.78 is 0.513. The Labute approximate surface area is 202 Å². The van der Waals surface area contributed by atoms with E-state index >= 15 is 0 Å². The van der Waals surface area contributed by atoms with E-state index in [1.807, 2.05) is 54.6 Å². The first-order valence-corrected chi connectivity index (χ1v) is 12.3. The lowest BCUT2D eigenvalue weighted by molar-refractivity contribution is -0.123. The van der Waals surface area contributed by atoms with E-state index in [-0.39, 0.29) is 30.3 Å². The molecule has 3 aliphatic rings. The van der Waals surface area contributed by atoms with Gasteiger partial charge in [0.2, 0.25) is 5.91 Å². The second-order valence-corrected chi connectivity index (χ2v) is 10.0. The second kappa shape index (κ2) is 9.11. The zero-order valence-corrected chi connectivity index (χ0v) is 19.6. The fraction of sp³-hybridized carbons (Fsp3) is 0.280. The molecule has 0 aromatic heterocycles. The Kier molecular flexibility index (Phi) is 6.03. The quantitative estimate of drug-likeness (QED) is 0.523. The largest absolute Gasteiger partial charge is 0.350 e. The molecule has 0 atom stereocenters. The van der Waals surface area contributed by atoms with Gasteiger partial charge in [0.1, 0.15) is 10.9 Å². The van der Waals surface area contributed by atoms with Crippen LogP contribution in [0.3, 0.4) is 0 Å². The number of nitrogens with one attached hydrogen (secondary N) is 1. The fourth-order valence-electron chi connectivity index (χ4n) is 4.66. The van der Waals surface area contributed by atoms with E-state index in [0.717, 1.165) is 31.2 Å². The Morgan fingerprint density at radius 3 is 2.45 bits per heavy atom. The molecule has 0 unspecified atom stereocenters. The van der Waals surface area contributed by atoms with Gasteiger partial charge in [-0.3, -0.25) is 24.2 Å². The molecule has 8 heteroatoms. The van der Waals surface area contributed by atoms with Crippen LogP contribution >= 0.6 is 24.0 Å². The lowest BCUT2D eigenvalue weighted by Crippen LogP contribution is -2.39. The molecular weight excluding hydrogens is 454 g/mol. The van der Waals surface area contributed by atoms with Crippen molar-refractivity contribution in [1.82, 2.24) is 10.2 Å². The first-order chi connectivity index (χ1) is 16.0. The Hall–Kier alpha value is -2.97. The van der Waals surface area contributed by atoms with E-state index in [9.17, 15) is 14.4 Å². The zero-order valence-electron chi connectivity index (χ0n) is 18.0. The molecule has 2 heterocycles. The third kappa shape index (κ3) is 4.09. The molecule has 6 nitrogen and oxygen atoms in total. The highest BCUT2D eigenvalue weighted by molar-refractivity contribution is 8.26. The maximum atomic E-state index is 13.5. The smallest absolute Gasteiger partial charge is 0.267 e. The van der Waals surface area contributed by atoms with Crippen molar-refractivity contribution < 1.29 is 14.4 Å². The maximum absolute atomic E-state index is 13.5. The molecule has 2 fully saturated rings. The molecule has 1 saturated heterocycles. The number of thioether (sulfide) groups is 1. The Bertz CT molecular complexity index is 1170. The standard InChI is InChI=1S/C25H23N3O3S2/c29-20(26-14-16-8-2-1-3-9-16)15-27-19-13-7-6-12-18(19)21(23(27)30)22-24(31)28(25(32)33-22)17-10-4-5-11-17/h1-3,6-9,12-13,17H,4-5,10-11,14-15H2,(H,26,29). The van der Waals surface area contributed by atoms with Crippen LogP contribution in [-0.4, -0.2) is 39.5 Å². The highest BCUT2D eigenvalue weighted by atomic mass is 32.2. The number of amides is 3. The molecular formula is C25H23N3O3S2. The summed E-state index contributed by atoms with van der Waals surface area (Å²) in [6.45, 7) is 0.269. The minimum Gasteiger partial charge on any atom is -0.350 e. The first kappa shape index (κ1) is 21.9. The van der Waals surface area contributed by atoms with E-state index in [1.165, 1.54) is 16.7 Å². The van der Waals surface area contributed by atoms with Gasteiger partial charge in [-0.15, -0.1) is 0 Å². The van der Waals surface area contributed by atoms with Crippen molar-refractivity contribution in [2.24, 2.45) is 0 Å². The van der Waals surface area contributed by atoms with Crippen molar-refractivity contribution >= 4 is 57.3 Å². The molecule has 33 heavy (non-hydrogen) atoms. The predicted molar refractivity (Wildman–Crippen MR) is 133 cm³/mol. The average Bonchev–Trinajstić information content (AvgIpc) is 3.51. The van der Waals surface area contributed by atoms with Crippen LogP contribution in [-0.2, 0) is 20.9 Å². The summed E-state index contributed by atoms with van der Waals surface area (Å²) in [5, 5.41) is 2.87. The van der Waals surface area contributed by atoms with E-state index < -0.39 is 0 Å². The van der Waals surface area contributed by atoms with Gasteiger partial charge in [0.15, 0.2) is 0 Å². The SMILES string of the molecule is O=C(CN1C(=O)C(=C2SC(=S)N(C3CCCC3)C2=O)c2ccccc21)NCc1ccccc1. The van der Waals surface area contributed by atoms with Crippen molar-refractivity contribution in [2.45, 2.75) is 38.3 Å². The van der Waals surface area contributed by atoms with Crippen LogP contribution in [0, 0.1) is 0 Å². The molecule has 2 aromatic rings. The summed E-state index contributed by atoms with van der Waals surface area (Å²) in [6, 6.07) is 17.0. The predicted octanol–water partition coefficient (Wildman–Crippen LogP) is 3.86. The minimum absolute atomic E-state index is 0.113. The number of carbonyl (C=O) groups is 3. The van der Waals surface area contributed by atoms with Crippen LogP contribution in [0.2, 0.25) is 0 Å². The van der Waals surface area contributed by atoms with Crippen molar-refractivity contribution in [3.63, 3.8) is 0 Å². The van der Waals surface area contributed by atoms with Crippen LogP contribution in [0.25, 0.3) is 5.57 Å². The number of fused-ring (bicyclic) bond motifs is 1. The molecule has 2 aromatic carbocycles. The van der Waals surface area contributed by atoms with E-state index in [4.69, 9.17) is 12.2 Å². The second-order valence-electron chi connectivity index (χ2n) is 8.36. The van der Waals surface area contributed by atoms with Gasteiger partial charge in [-0.2, -0.15) is 0 Å². The molecule has 3 amide bonds. The number of rotatable bonds is 5. The number of carbonyl (C=O) groups excluding carboxylic acids is 3. The number of hydrogen-bond acceptors (Lipinski definition) is 5. The number of para-hydroxylation sites is 1. The van der Waals surface area contributed by atoms with Crippen molar-refractivity contribution in [3.8, 4) is 0 Å². The van der Waals surface area contributed by atoms with Gasteiger partial charge in [-0.25, -0.2) is 0 Å². The molecule has 2 aliphatic heterocycles. The molecule has 0 radical (unpaired) electrons. The van der Waals surface area contributed by atoms with Gasteiger partial charge < -0.3 is 5.32 Å². The summed E-state index contributed by atoms with van der Waals surface area (Å²) in [5.74, 6) is -0.787. The fourth-order valence-corrected chi connectivity index (χ4v) is 6.13. The third-order valence-corrected chi connectivity index (χ3v) is 7.67. The number of thiocarbonyl (C=S) groups is 1. The van der Waals surface area contributed by atoms with Crippen molar-refractivity contribution in [2.75, 3.05) is 11.4 Å². The number of anilines is 1. The Balaban J connectivity index is 1.40. The minimum atomic E-state index is -0.335. The summed E-state index contributed by atoms with van der Waals surface area (Å²) in [7, 11) is 0. The molecule has 1 saturated carbocycles. The third-order valence-electron chi connectivity index (χ3n) is 6.27. The summed E-state index contributed by atoms with van der Waals surface area (Å²) in [6.07, 6.45) is 4.04. The number of hydrogen-bond donors (Lipinski definition) is 1. The number of nitrogens with zero attached hydrogens (tertiary/aromatic N) is 2. The lowest BCUT2D eigenvalue weighted by atomic mass is 10.1. The zero-order chi connectivity index (χ0) is 22.9. The van der Waals surface area contributed by atoms with E-state index in [0.29, 0.717) is 32.6 Å². The van der Waals surface area contributed by atoms with Crippen LogP contribution in [0.4, 0.5) is 5.69 Å². The van der Waals surface area contributed by atoms with Gasteiger partial charge >= 0.3 is 0 Å². The maximum Gasteiger partial charge on any atom is 0.267 e. The molecule has 168 valence electrons. The van der Waals surface area contributed by atoms with Crippen LogP contribution in [0.1, 0.15) is 36.8 Å². The van der Waals surface area contributed by atoms with Gasteiger partial charge in [0.25, 0.3) is 11.8 Å². The highest BCUT2D eigenvalue weighted by Crippen LogP contribution is 2.45. The van der Waals surface area contributed by atoms with Crippen LogP contribution < -0.4 is 10.2 Å². The molecule has 1 N–H and O–H groups in total. The van der Waals surface area contributed by atoms with Crippen LogP contribution in [0.5, 0.6) is 0 Å². The first-order valence-electron chi connectivity index (χ1n) is 11.1. The van der Waals surface area contributed by atoms with E-state index in [2.05, 4.69) is 5.32 Å². The normalized spacial score (nSPS) is 20.7. The molecule has 0 bridgehead atoms. The Morgan fingerprint density at radius 1 is 1.00 bits per heavy atom. The van der Waals surface area contributed by atoms with Gasteiger partial charge in [-0.1, -0.05) is 85.4 Å². The van der Waals surface area contributed by atoms with Gasteiger partial charge in [0, 0.05) is 18.2 Å². The summed E-state index contributed by atoms with van der Waals surface area (Å²) in [5.41, 5.74) is 2.64. The summed E-state index contributed by atoms with van der Waals surface area (Å²) >= 11 is 6.73. The highest BCUT2D eigenvalue weighted by Gasteiger charge is 2.44. The monoisotopic (exact) mass is 477 g/mol. The van der Waals surface area contributed by atoms with Gasteiger partial charge in [0.05, 0.1) is 16.2 Å².